The van der Waals surface area contributed by atoms with E-state index in [0.29, 0.717) is 0 Å². The number of carbonyl (C=O) groups excluding carboxylic acids is 2. The van der Waals surface area contributed by atoms with Gasteiger partial charge in [-0.05, 0) is 37.0 Å². The summed E-state index contributed by atoms with van der Waals surface area (Å²) in [6, 6.07) is 9.63. The van der Waals surface area contributed by atoms with E-state index in [9.17, 15) is 9.59 Å². The standard InChI is InChI=1S/C17H18O2/c1-12-10-13(2)17(16(19)11-12)15(18)9-8-14-6-4-3-5-7-14/h3-9,11,13,17H,10H2,1-2H3/b9-8+. The molecule has 2 heteroatoms. The van der Waals surface area contributed by atoms with E-state index in [-0.39, 0.29) is 17.5 Å². The molecule has 98 valence electrons. The van der Waals surface area contributed by atoms with Gasteiger partial charge in [-0.15, -0.1) is 0 Å². The van der Waals surface area contributed by atoms with E-state index in [0.717, 1.165) is 17.6 Å². The molecule has 0 aromatic heterocycles. The van der Waals surface area contributed by atoms with Crippen LogP contribution < -0.4 is 0 Å². The molecular weight excluding hydrogens is 236 g/mol. The van der Waals surface area contributed by atoms with Gasteiger partial charge in [-0.25, -0.2) is 0 Å². The number of benzene rings is 1. The molecule has 0 N–H and O–H groups in total. The molecule has 1 aliphatic rings. The third-order valence-corrected chi connectivity index (χ3v) is 3.45. The zero-order valence-electron chi connectivity index (χ0n) is 11.3. The molecule has 0 aliphatic heterocycles. The molecule has 2 nitrogen and oxygen atoms in total. The molecule has 0 radical (unpaired) electrons. The first kappa shape index (κ1) is 13.5. The predicted molar refractivity (Wildman–Crippen MR) is 76.5 cm³/mol. The van der Waals surface area contributed by atoms with E-state index in [1.807, 2.05) is 44.2 Å². The molecular formula is C17H18O2. The fraction of sp³-hybridized carbons (Fsp3) is 0.294. The summed E-state index contributed by atoms with van der Waals surface area (Å²) >= 11 is 0. The SMILES string of the molecule is CC1=CC(=O)C(C(=O)/C=C/c2ccccc2)C(C)C1. The Labute approximate surface area is 113 Å². The van der Waals surface area contributed by atoms with Crippen LogP contribution in [0.2, 0.25) is 0 Å². The second-order valence-corrected chi connectivity index (χ2v) is 5.20. The van der Waals surface area contributed by atoms with Gasteiger partial charge in [0, 0.05) is 0 Å². The molecule has 0 heterocycles. The molecule has 1 aromatic carbocycles. The summed E-state index contributed by atoms with van der Waals surface area (Å²) in [4.78, 5) is 24.1. The lowest BCUT2D eigenvalue weighted by molar-refractivity contribution is -0.129. The van der Waals surface area contributed by atoms with Crippen molar-refractivity contribution in [3.63, 3.8) is 0 Å². The molecule has 0 saturated carbocycles. The molecule has 19 heavy (non-hydrogen) atoms. The Morgan fingerprint density at radius 1 is 1.26 bits per heavy atom. The van der Waals surface area contributed by atoms with Gasteiger partial charge in [0.25, 0.3) is 0 Å². The summed E-state index contributed by atoms with van der Waals surface area (Å²) in [5.74, 6) is -0.571. The van der Waals surface area contributed by atoms with Gasteiger partial charge in [-0.3, -0.25) is 9.59 Å². The summed E-state index contributed by atoms with van der Waals surface area (Å²) in [5, 5.41) is 0. The first-order chi connectivity index (χ1) is 9.08. The average Bonchev–Trinajstić information content (AvgIpc) is 2.36. The second-order valence-electron chi connectivity index (χ2n) is 5.20. The summed E-state index contributed by atoms with van der Waals surface area (Å²) in [6.07, 6.45) is 5.73. The van der Waals surface area contributed by atoms with Crippen LogP contribution in [0.15, 0.2) is 48.1 Å². The zero-order chi connectivity index (χ0) is 13.8. The summed E-state index contributed by atoms with van der Waals surface area (Å²) < 4.78 is 0. The molecule has 2 unspecified atom stereocenters. The first-order valence-electron chi connectivity index (χ1n) is 6.56. The highest BCUT2D eigenvalue weighted by atomic mass is 16.1. The van der Waals surface area contributed by atoms with Crippen LogP contribution in [0.4, 0.5) is 0 Å². The van der Waals surface area contributed by atoms with Crippen LogP contribution in [0.5, 0.6) is 0 Å². The van der Waals surface area contributed by atoms with E-state index in [1.54, 1.807) is 12.2 Å². The van der Waals surface area contributed by atoms with Crippen LogP contribution in [-0.2, 0) is 9.59 Å². The highest BCUT2D eigenvalue weighted by Crippen LogP contribution is 2.28. The number of ketones is 2. The number of hydrogen-bond acceptors (Lipinski definition) is 2. The van der Waals surface area contributed by atoms with Gasteiger partial charge in [0.1, 0.15) is 0 Å². The van der Waals surface area contributed by atoms with Crippen molar-refractivity contribution < 1.29 is 9.59 Å². The first-order valence-corrected chi connectivity index (χ1v) is 6.56. The Hall–Kier alpha value is -1.96. The fourth-order valence-corrected chi connectivity index (χ4v) is 2.56. The summed E-state index contributed by atoms with van der Waals surface area (Å²) in [6.45, 7) is 3.90. The lowest BCUT2D eigenvalue weighted by Gasteiger charge is -2.24. The number of rotatable bonds is 3. The van der Waals surface area contributed by atoms with Gasteiger partial charge in [0.05, 0.1) is 5.92 Å². The third-order valence-electron chi connectivity index (χ3n) is 3.45. The quantitative estimate of drug-likeness (QED) is 0.611. The van der Waals surface area contributed by atoms with Crippen LogP contribution in [0, 0.1) is 11.8 Å². The lowest BCUT2D eigenvalue weighted by atomic mass is 9.78. The maximum Gasteiger partial charge on any atom is 0.166 e. The van der Waals surface area contributed by atoms with Crippen molar-refractivity contribution in [3.8, 4) is 0 Å². The highest BCUT2D eigenvalue weighted by Gasteiger charge is 2.32. The molecule has 0 amide bonds. The highest BCUT2D eigenvalue weighted by molar-refractivity contribution is 6.13. The summed E-state index contributed by atoms with van der Waals surface area (Å²) in [7, 11) is 0. The second kappa shape index (κ2) is 5.79. The average molecular weight is 254 g/mol. The molecule has 0 fully saturated rings. The minimum Gasteiger partial charge on any atom is -0.294 e. The number of allylic oxidation sites excluding steroid dienone is 3. The predicted octanol–water partition coefficient (Wildman–Crippen LogP) is 3.44. The Balaban J connectivity index is 2.12. The maximum atomic E-state index is 12.2. The molecule has 0 bridgehead atoms. The van der Waals surface area contributed by atoms with E-state index < -0.39 is 5.92 Å². The zero-order valence-corrected chi connectivity index (χ0v) is 11.3. The van der Waals surface area contributed by atoms with E-state index in [4.69, 9.17) is 0 Å². The normalized spacial score (nSPS) is 23.5. The van der Waals surface area contributed by atoms with Crippen molar-refractivity contribution in [2.24, 2.45) is 11.8 Å². The minimum absolute atomic E-state index is 0.0565. The van der Waals surface area contributed by atoms with Crippen molar-refractivity contribution in [1.29, 1.82) is 0 Å². The number of hydrogen-bond donors (Lipinski definition) is 0. The van der Waals surface area contributed by atoms with Crippen molar-refractivity contribution in [2.75, 3.05) is 0 Å². The molecule has 2 rings (SSSR count). The Bertz CT molecular complexity index is 538. The van der Waals surface area contributed by atoms with Crippen molar-refractivity contribution in [2.45, 2.75) is 20.3 Å². The topological polar surface area (TPSA) is 34.1 Å². The van der Waals surface area contributed by atoms with Gasteiger partial charge in [-0.1, -0.05) is 48.9 Å². The van der Waals surface area contributed by atoms with E-state index in [2.05, 4.69) is 0 Å². The minimum atomic E-state index is -0.510. The summed E-state index contributed by atoms with van der Waals surface area (Å²) in [5.41, 5.74) is 2.03. The molecule has 0 saturated heterocycles. The van der Waals surface area contributed by atoms with E-state index in [1.165, 1.54) is 6.08 Å². The van der Waals surface area contributed by atoms with Gasteiger partial charge in [0.2, 0.25) is 0 Å². The molecule has 1 aliphatic carbocycles. The van der Waals surface area contributed by atoms with Gasteiger partial charge in [0.15, 0.2) is 11.6 Å². The largest absolute Gasteiger partial charge is 0.294 e. The van der Waals surface area contributed by atoms with Crippen LogP contribution in [0.3, 0.4) is 0 Å². The van der Waals surface area contributed by atoms with E-state index >= 15 is 0 Å². The molecule has 0 spiro atoms. The van der Waals surface area contributed by atoms with Crippen molar-refractivity contribution in [1.82, 2.24) is 0 Å². The Kier molecular flexibility index (Phi) is 4.10. The van der Waals surface area contributed by atoms with Gasteiger partial charge in [-0.2, -0.15) is 0 Å². The smallest absolute Gasteiger partial charge is 0.166 e. The van der Waals surface area contributed by atoms with Crippen molar-refractivity contribution >= 4 is 17.6 Å². The van der Waals surface area contributed by atoms with Crippen LogP contribution in [0.25, 0.3) is 6.08 Å². The number of carbonyl (C=O) groups is 2. The van der Waals surface area contributed by atoms with Crippen LogP contribution >= 0.6 is 0 Å². The van der Waals surface area contributed by atoms with Crippen LogP contribution in [-0.4, -0.2) is 11.6 Å². The third kappa shape index (κ3) is 3.28. The maximum absolute atomic E-state index is 12.2. The molecule has 1 aromatic rings. The Morgan fingerprint density at radius 2 is 1.95 bits per heavy atom. The molecule has 2 atom stereocenters. The Morgan fingerprint density at radius 3 is 2.58 bits per heavy atom. The monoisotopic (exact) mass is 254 g/mol. The van der Waals surface area contributed by atoms with Gasteiger partial charge < -0.3 is 0 Å². The van der Waals surface area contributed by atoms with Gasteiger partial charge >= 0.3 is 0 Å². The van der Waals surface area contributed by atoms with Crippen LogP contribution in [0.1, 0.15) is 25.8 Å². The fourth-order valence-electron chi connectivity index (χ4n) is 2.56. The van der Waals surface area contributed by atoms with Crippen molar-refractivity contribution in [3.05, 3.63) is 53.6 Å². The lowest BCUT2D eigenvalue weighted by Crippen LogP contribution is -2.31.